The number of nitrogens with zero attached hydrogens (tertiary/aromatic N) is 1. The van der Waals surface area contributed by atoms with E-state index in [1.54, 1.807) is 6.07 Å². The fourth-order valence-corrected chi connectivity index (χ4v) is 2.72. The molecule has 1 saturated carbocycles. The number of amides is 1. The fourth-order valence-electron chi connectivity index (χ4n) is 2.72. The predicted octanol–water partition coefficient (Wildman–Crippen LogP) is 1.43. The van der Waals surface area contributed by atoms with Gasteiger partial charge in [0, 0.05) is 12.1 Å². The second kappa shape index (κ2) is 5.31. The van der Waals surface area contributed by atoms with Crippen molar-refractivity contribution in [1.82, 2.24) is 4.90 Å². The zero-order chi connectivity index (χ0) is 13.2. The first-order valence-electron chi connectivity index (χ1n) is 6.88. The average molecular weight is 261 g/mol. The number of aliphatic hydroxyl groups is 1. The Morgan fingerprint density at radius 3 is 3.00 bits per heavy atom. The van der Waals surface area contributed by atoms with E-state index in [0.29, 0.717) is 31.2 Å². The summed E-state index contributed by atoms with van der Waals surface area (Å²) in [7, 11) is 0. The monoisotopic (exact) mass is 261 g/mol. The fraction of sp³-hybridized carbons (Fsp3) is 0.533. The van der Waals surface area contributed by atoms with E-state index >= 15 is 0 Å². The highest BCUT2D eigenvalue weighted by atomic mass is 16.5. The maximum Gasteiger partial charge on any atom is 0.254 e. The molecule has 0 spiro atoms. The Morgan fingerprint density at radius 2 is 2.26 bits per heavy atom. The molecule has 0 bridgehead atoms. The summed E-state index contributed by atoms with van der Waals surface area (Å²) in [5.41, 5.74) is 1.45. The molecule has 4 heteroatoms. The first-order chi connectivity index (χ1) is 9.29. The summed E-state index contributed by atoms with van der Waals surface area (Å²) in [4.78, 5) is 14.6. The smallest absolute Gasteiger partial charge is 0.254 e. The number of benzene rings is 1. The Balaban J connectivity index is 1.80. The second-order valence-corrected chi connectivity index (χ2v) is 5.34. The number of aliphatic hydroxyl groups excluding tert-OH is 1. The van der Waals surface area contributed by atoms with Crippen molar-refractivity contribution in [3.63, 3.8) is 0 Å². The minimum Gasteiger partial charge on any atom is -0.392 e. The molecule has 1 aromatic carbocycles. The van der Waals surface area contributed by atoms with Crippen LogP contribution >= 0.6 is 0 Å². The van der Waals surface area contributed by atoms with Gasteiger partial charge < -0.3 is 14.7 Å². The van der Waals surface area contributed by atoms with Crippen LogP contribution in [0.2, 0.25) is 0 Å². The van der Waals surface area contributed by atoms with Crippen molar-refractivity contribution in [2.45, 2.75) is 25.5 Å². The van der Waals surface area contributed by atoms with E-state index in [2.05, 4.69) is 0 Å². The molecule has 1 atom stereocenters. The van der Waals surface area contributed by atoms with Gasteiger partial charge in [0.1, 0.15) is 0 Å². The summed E-state index contributed by atoms with van der Waals surface area (Å²) in [6, 6.07) is 7.49. The lowest BCUT2D eigenvalue weighted by atomic mass is 10.1. The van der Waals surface area contributed by atoms with Crippen LogP contribution in [0.3, 0.4) is 0 Å². The van der Waals surface area contributed by atoms with Gasteiger partial charge in [0.05, 0.1) is 25.9 Å². The highest BCUT2D eigenvalue weighted by molar-refractivity contribution is 5.94. The molecule has 2 fully saturated rings. The molecule has 2 aliphatic rings. The summed E-state index contributed by atoms with van der Waals surface area (Å²) in [5, 5.41) is 9.16. The van der Waals surface area contributed by atoms with Crippen LogP contribution in [-0.2, 0) is 11.3 Å². The van der Waals surface area contributed by atoms with E-state index in [1.807, 2.05) is 23.1 Å². The average Bonchev–Trinajstić information content (AvgIpc) is 3.31. The SMILES string of the molecule is O=C(c1cccc(CO)c1)N1CCOCC1C1CC1. The summed E-state index contributed by atoms with van der Waals surface area (Å²) < 4.78 is 5.51. The molecule has 1 aromatic rings. The number of morpholine rings is 1. The van der Waals surface area contributed by atoms with Crippen molar-refractivity contribution in [3.8, 4) is 0 Å². The maximum absolute atomic E-state index is 12.6. The zero-order valence-corrected chi connectivity index (χ0v) is 10.9. The van der Waals surface area contributed by atoms with Gasteiger partial charge in [-0.25, -0.2) is 0 Å². The minimum atomic E-state index is -0.0315. The Hall–Kier alpha value is -1.39. The van der Waals surface area contributed by atoms with Crippen LogP contribution in [0.25, 0.3) is 0 Å². The Labute approximate surface area is 113 Å². The molecule has 3 rings (SSSR count). The van der Waals surface area contributed by atoms with E-state index in [4.69, 9.17) is 9.84 Å². The third-order valence-corrected chi connectivity index (χ3v) is 3.95. The van der Waals surface area contributed by atoms with Crippen molar-refractivity contribution in [1.29, 1.82) is 0 Å². The maximum atomic E-state index is 12.6. The van der Waals surface area contributed by atoms with Gasteiger partial charge in [0.25, 0.3) is 5.91 Å². The van der Waals surface area contributed by atoms with Crippen LogP contribution in [0.4, 0.5) is 0 Å². The van der Waals surface area contributed by atoms with Crippen LogP contribution in [0.1, 0.15) is 28.8 Å². The van der Waals surface area contributed by atoms with Crippen LogP contribution in [0.15, 0.2) is 24.3 Å². The van der Waals surface area contributed by atoms with Gasteiger partial charge in [-0.2, -0.15) is 0 Å². The van der Waals surface area contributed by atoms with Crippen molar-refractivity contribution in [2.24, 2.45) is 5.92 Å². The lowest BCUT2D eigenvalue weighted by Crippen LogP contribution is -2.49. The molecule has 0 radical (unpaired) electrons. The number of hydrogen-bond acceptors (Lipinski definition) is 3. The van der Waals surface area contributed by atoms with Crippen molar-refractivity contribution < 1.29 is 14.6 Å². The van der Waals surface area contributed by atoms with Gasteiger partial charge in [-0.3, -0.25) is 4.79 Å². The molecule has 102 valence electrons. The topological polar surface area (TPSA) is 49.8 Å². The Kier molecular flexibility index (Phi) is 3.53. The highest BCUT2D eigenvalue weighted by Gasteiger charge is 2.39. The van der Waals surface area contributed by atoms with E-state index in [0.717, 1.165) is 5.56 Å². The molecule has 1 aliphatic heterocycles. The largest absolute Gasteiger partial charge is 0.392 e. The third kappa shape index (κ3) is 2.65. The molecule has 1 N–H and O–H groups in total. The summed E-state index contributed by atoms with van der Waals surface area (Å²) in [6.07, 6.45) is 2.41. The lowest BCUT2D eigenvalue weighted by Gasteiger charge is -2.36. The first-order valence-corrected chi connectivity index (χ1v) is 6.88. The number of ether oxygens (including phenoxy) is 1. The molecular weight excluding hydrogens is 242 g/mol. The van der Waals surface area contributed by atoms with E-state index in [9.17, 15) is 4.79 Å². The van der Waals surface area contributed by atoms with Crippen LogP contribution in [-0.4, -0.2) is 41.7 Å². The summed E-state index contributed by atoms with van der Waals surface area (Å²) in [6.45, 7) is 1.92. The normalized spacial score (nSPS) is 23.4. The molecule has 1 unspecified atom stereocenters. The molecule has 0 aromatic heterocycles. The van der Waals surface area contributed by atoms with Gasteiger partial charge in [0.2, 0.25) is 0 Å². The molecule has 4 nitrogen and oxygen atoms in total. The quantitative estimate of drug-likeness (QED) is 0.895. The molecule has 1 aliphatic carbocycles. The number of carbonyl (C=O) groups excluding carboxylic acids is 1. The van der Waals surface area contributed by atoms with Gasteiger partial charge >= 0.3 is 0 Å². The molecule has 19 heavy (non-hydrogen) atoms. The molecule has 1 saturated heterocycles. The van der Waals surface area contributed by atoms with Crippen LogP contribution < -0.4 is 0 Å². The van der Waals surface area contributed by atoms with Crippen molar-refractivity contribution >= 4 is 5.91 Å². The second-order valence-electron chi connectivity index (χ2n) is 5.34. The predicted molar refractivity (Wildman–Crippen MR) is 70.7 cm³/mol. The van der Waals surface area contributed by atoms with Crippen molar-refractivity contribution in [3.05, 3.63) is 35.4 Å². The lowest BCUT2D eigenvalue weighted by molar-refractivity contribution is -0.00835. The van der Waals surface area contributed by atoms with Gasteiger partial charge in [-0.1, -0.05) is 12.1 Å². The summed E-state index contributed by atoms with van der Waals surface area (Å²) >= 11 is 0. The number of carbonyl (C=O) groups is 1. The number of hydrogen-bond donors (Lipinski definition) is 1. The zero-order valence-electron chi connectivity index (χ0n) is 10.9. The number of rotatable bonds is 3. The highest BCUT2D eigenvalue weighted by Crippen LogP contribution is 2.37. The summed E-state index contributed by atoms with van der Waals surface area (Å²) in [5.74, 6) is 0.681. The van der Waals surface area contributed by atoms with Gasteiger partial charge in [-0.15, -0.1) is 0 Å². The van der Waals surface area contributed by atoms with Crippen molar-refractivity contribution in [2.75, 3.05) is 19.8 Å². The van der Waals surface area contributed by atoms with Crippen LogP contribution in [0, 0.1) is 5.92 Å². The Bertz CT molecular complexity index is 470. The van der Waals surface area contributed by atoms with E-state index in [1.165, 1.54) is 12.8 Å². The molecule has 1 heterocycles. The molecular formula is C15H19NO3. The Morgan fingerprint density at radius 1 is 1.42 bits per heavy atom. The van der Waals surface area contributed by atoms with Gasteiger partial charge in [0.15, 0.2) is 0 Å². The van der Waals surface area contributed by atoms with E-state index in [-0.39, 0.29) is 18.6 Å². The standard InChI is InChI=1S/C15H19NO3/c17-9-11-2-1-3-13(8-11)15(18)16-6-7-19-10-14(16)12-4-5-12/h1-3,8,12,14,17H,4-7,9-10H2. The van der Waals surface area contributed by atoms with Gasteiger partial charge in [-0.05, 0) is 36.5 Å². The minimum absolute atomic E-state index is 0.0315. The molecule has 1 amide bonds. The third-order valence-electron chi connectivity index (χ3n) is 3.95. The van der Waals surface area contributed by atoms with Crippen LogP contribution in [0.5, 0.6) is 0 Å². The first kappa shape index (κ1) is 12.6. The van der Waals surface area contributed by atoms with E-state index < -0.39 is 0 Å².